The lowest BCUT2D eigenvalue weighted by molar-refractivity contribution is 0.426. The summed E-state index contributed by atoms with van der Waals surface area (Å²) in [5, 5.41) is 3.35. The van der Waals surface area contributed by atoms with Crippen molar-refractivity contribution in [2.75, 3.05) is 13.1 Å². The van der Waals surface area contributed by atoms with Gasteiger partial charge >= 0.3 is 0 Å². The SMILES string of the molecule is C=C(/C=C\C)C1CCNCC1. The van der Waals surface area contributed by atoms with Gasteiger partial charge < -0.3 is 5.32 Å². The van der Waals surface area contributed by atoms with E-state index >= 15 is 0 Å². The molecule has 1 nitrogen and oxygen atoms in total. The maximum Gasteiger partial charge on any atom is -0.00431 e. The Labute approximate surface area is 69.2 Å². The molecule has 1 aliphatic heterocycles. The second kappa shape index (κ2) is 4.35. The lowest BCUT2D eigenvalue weighted by Crippen LogP contribution is -2.28. The van der Waals surface area contributed by atoms with Gasteiger partial charge in [0.1, 0.15) is 0 Å². The molecule has 1 rings (SSSR count). The minimum absolute atomic E-state index is 0.729. The third kappa shape index (κ3) is 2.51. The van der Waals surface area contributed by atoms with Gasteiger partial charge in [-0.2, -0.15) is 0 Å². The third-order valence-corrected chi connectivity index (χ3v) is 2.24. The summed E-state index contributed by atoms with van der Waals surface area (Å²) in [6.07, 6.45) is 6.71. The van der Waals surface area contributed by atoms with Crippen molar-refractivity contribution in [3.05, 3.63) is 24.3 Å². The van der Waals surface area contributed by atoms with Crippen molar-refractivity contribution in [2.45, 2.75) is 19.8 Å². The highest BCUT2D eigenvalue weighted by Gasteiger charge is 2.13. The Morgan fingerprint density at radius 2 is 2.09 bits per heavy atom. The molecule has 11 heavy (non-hydrogen) atoms. The molecule has 62 valence electrons. The van der Waals surface area contributed by atoms with Gasteiger partial charge in [-0.25, -0.2) is 0 Å². The molecular weight excluding hydrogens is 134 g/mol. The predicted molar refractivity (Wildman–Crippen MR) is 49.5 cm³/mol. The predicted octanol–water partition coefficient (Wildman–Crippen LogP) is 2.12. The molecule has 0 radical (unpaired) electrons. The Balaban J connectivity index is 2.38. The molecule has 0 atom stereocenters. The molecule has 0 amide bonds. The average Bonchev–Trinajstić information content (AvgIpc) is 2.07. The monoisotopic (exact) mass is 151 g/mol. The summed E-state index contributed by atoms with van der Waals surface area (Å²) in [4.78, 5) is 0. The minimum Gasteiger partial charge on any atom is -0.317 e. The van der Waals surface area contributed by atoms with Gasteiger partial charge in [0.2, 0.25) is 0 Å². The topological polar surface area (TPSA) is 12.0 Å². The number of hydrogen-bond acceptors (Lipinski definition) is 1. The molecule has 0 spiro atoms. The molecule has 0 bridgehead atoms. The van der Waals surface area contributed by atoms with Crippen LogP contribution in [-0.2, 0) is 0 Å². The highest BCUT2D eigenvalue weighted by Crippen LogP contribution is 2.20. The van der Waals surface area contributed by atoms with Gasteiger partial charge in [0.15, 0.2) is 0 Å². The number of nitrogens with one attached hydrogen (secondary N) is 1. The highest BCUT2D eigenvalue weighted by molar-refractivity contribution is 5.17. The van der Waals surface area contributed by atoms with Crippen LogP contribution in [0.5, 0.6) is 0 Å². The fraction of sp³-hybridized carbons (Fsp3) is 0.600. The highest BCUT2D eigenvalue weighted by atomic mass is 14.9. The van der Waals surface area contributed by atoms with Gasteiger partial charge in [-0.1, -0.05) is 24.3 Å². The van der Waals surface area contributed by atoms with Crippen LogP contribution in [0.15, 0.2) is 24.3 Å². The Bertz CT molecular complexity index is 152. The first-order valence-electron chi connectivity index (χ1n) is 4.37. The van der Waals surface area contributed by atoms with Gasteiger partial charge in [0, 0.05) is 0 Å². The molecule has 1 heterocycles. The molecule has 0 aromatic rings. The minimum atomic E-state index is 0.729. The van der Waals surface area contributed by atoms with E-state index in [2.05, 4.69) is 24.0 Å². The van der Waals surface area contributed by atoms with Gasteiger partial charge in [-0.15, -0.1) is 0 Å². The van der Waals surface area contributed by atoms with E-state index in [0.29, 0.717) is 0 Å². The zero-order valence-corrected chi connectivity index (χ0v) is 7.27. The third-order valence-electron chi connectivity index (χ3n) is 2.24. The van der Waals surface area contributed by atoms with E-state index in [1.54, 1.807) is 0 Å². The number of allylic oxidation sites excluding steroid dienone is 3. The summed E-state index contributed by atoms with van der Waals surface area (Å²) in [5.74, 6) is 0.729. The van der Waals surface area contributed by atoms with E-state index in [0.717, 1.165) is 19.0 Å². The van der Waals surface area contributed by atoms with Crippen molar-refractivity contribution < 1.29 is 0 Å². The molecule has 1 aliphatic rings. The first-order chi connectivity index (χ1) is 5.34. The van der Waals surface area contributed by atoms with Crippen molar-refractivity contribution in [1.82, 2.24) is 5.32 Å². The fourth-order valence-corrected chi connectivity index (χ4v) is 1.54. The maximum absolute atomic E-state index is 4.05. The van der Waals surface area contributed by atoms with Gasteiger partial charge in [-0.3, -0.25) is 0 Å². The Kier molecular flexibility index (Phi) is 3.37. The van der Waals surface area contributed by atoms with Crippen molar-refractivity contribution in [2.24, 2.45) is 5.92 Å². The Morgan fingerprint density at radius 1 is 1.45 bits per heavy atom. The van der Waals surface area contributed by atoms with Crippen LogP contribution in [0.1, 0.15) is 19.8 Å². The Hall–Kier alpha value is -0.560. The lowest BCUT2D eigenvalue weighted by atomic mass is 9.91. The van der Waals surface area contributed by atoms with Crippen molar-refractivity contribution in [3.63, 3.8) is 0 Å². The molecule has 1 N–H and O–H groups in total. The summed E-state index contributed by atoms with van der Waals surface area (Å²) in [6.45, 7) is 8.41. The van der Waals surface area contributed by atoms with E-state index in [4.69, 9.17) is 0 Å². The van der Waals surface area contributed by atoms with Crippen LogP contribution >= 0.6 is 0 Å². The summed E-state index contributed by atoms with van der Waals surface area (Å²) in [7, 11) is 0. The quantitative estimate of drug-likeness (QED) is 0.596. The van der Waals surface area contributed by atoms with E-state index in [-0.39, 0.29) is 0 Å². The normalized spacial score (nSPS) is 20.8. The zero-order chi connectivity index (χ0) is 8.10. The van der Waals surface area contributed by atoms with Gasteiger partial charge in [-0.05, 0) is 38.8 Å². The van der Waals surface area contributed by atoms with E-state index in [1.807, 2.05) is 6.92 Å². The van der Waals surface area contributed by atoms with Crippen LogP contribution in [-0.4, -0.2) is 13.1 Å². The molecule has 1 heteroatoms. The summed E-state index contributed by atoms with van der Waals surface area (Å²) in [6, 6.07) is 0. The average molecular weight is 151 g/mol. The summed E-state index contributed by atoms with van der Waals surface area (Å²) in [5.41, 5.74) is 1.30. The fourth-order valence-electron chi connectivity index (χ4n) is 1.54. The zero-order valence-electron chi connectivity index (χ0n) is 7.27. The van der Waals surface area contributed by atoms with Crippen LogP contribution in [0.4, 0.5) is 0 Å². The standard InChI is InChI=1S/C10H17N/c1-3-4-9(2)10-5-7-11-8-6-10/h3-4,10-11H,2,5-8H2,1H3/b4-3-. The molecule has 1 saturated heterocycles. The van der Waals surface area contributed by atoms with Gasteiger partial charge in [0.25, 0.3) is 0 Å². The molecule has 1 fully saturated rings. The largest absolute Gasteiger partial charge is 0.317 e. The first kappa shape index (κ1) is 8.54. The van der Waals surface area contributed by atoms with Crippen LogP contribution in [0.2, 0.25) is 0 Å². The van der Waals surface area contributed by atoms with E-state index in [9.17, 15) is 0 Å². The second-order valence-electron chi connectivity index (χ2n) is 3.10. The molecule has 0 aromatic carbocycles. The van der Waals surface area contributed by atoms with E-state index in [1.165, 1.54) is 18.4 Å². The van der Waals surface area contributed by atoms with E-state index < -0.39 is 0 Å². The van der Waals surface area contributed by atoms with Crippen LogP contribution in [0, 0.1) is 5.92 Å². The Morgan fingerprint density at radius 3 is 2.64 bits per heavy atom. The van der Waals surface area contributed by atoms with Crippen molar-refractivity contribution >= 4 is 0 Å². The van der Waals surface area contributed by atoms with Crippen LogP contribution in [0.3, 0.4) is 0 Å². The molecule has 0 saturated carbocycles. The van der Waals surface area contributed by atoms with Crippen molar-refractivity contribution in [3.8, 4) is 0 Å². The van der Waals surface area contributed by atoms with Crippen LogP contribution in [0.25, 0.3) is 0 Å². The number of rotatable bonds is 2. The molecule has 0 aromatic heterocycles. The number of hydrogen-bond donors (Lipinski definition) is 1. The lowest BCUT2D eigenvalue weighted by Gasteiger charge is -2.22. The smallest absolute Gasteiger partial charge is 0.00431 e. The van der Waals surface area contributed by atoms with Gasteiger partial charge in [0.05, 0.1) is 0 Å². The first-order valence-corrected chi connectivity index (χ1v) is 4.37. The van der Waals surface area contributed by atoms with Crippen LogP contribution < -0.4 is 5.32 Å². The maximum atomic E-state index is 4.05. The summed E-state index contributed by atoms with van der Waals surface area (Å²) >= 11 is 0. The second-order valence-corrected chi connectivity index (χ2v) is 3.10. The molecular formula is C10H17N. The molecule has 0 unspecified atom stereocenters. The summed E-state index contributed by atoms with van der Waals surface area (Å²) < 4.78 is 0. The van der Waals surface area contributed by atoms with Crippen molar-refractivity contribution in [1.29, 1.82) is 0 Å². The molecule has 0 aliphatic carbocycles. The number of piperidine rings is 1.